The molecule has 1 heterocycles. The van der Waals surface area contributed by atoms with Crippen LogP contribution in [0.5, 0.6) is 0 Å². The van der Waals surface area contributed by atoms with Crippen LogP contribution < -0.4 is 0 Å². The zero-order valence-corrected chi connectivity index (χ0v) is 7.75. The Morgan fingerprint density at radius 2 is 1.92 bits per heavy atom. The van der Waals surface area contributed by atoms with E-state index < -0.39 is 24.6 Å². The highest BCUT2D eigenvalue weighted by molar-refractivity contribution is 4.86. The smallest absolute Gasteiger partial charge is 0.186 e. The van der Waals surface area contributed by atoms with Crippen molar-refractivity contribution >= 4 is 0 Å². The molecule has 5 atom stereocenters. The quantitative estimate of drug-likeness (QED) is 0.507. The molecule has 0 amide bonds. The second kappa shape index (κ2) is 4.34. The van der Waals surface area contributed by atoms with Crippen molar-refractivity contribution in [3.8, 4) is 0 Å². The molecule has 1 saturated heterocycles. The van der Waals surface area contributed by atoms with Gasteiger partial charge in [-0.2, -0.15) is 0 Å². The number of hydrogen-bond acceptors (Lipinski definition) is 5. The first-order chi connectivity index (χ1) is 6.11. The van der Waals surface area contributed by atoms with Gasteiger partial charge in [-0.05, 0) is 0 Å². The lowest BCUT2D eigenvalue weighted by Crippen LogP contribution is -2.55. The summed E-state index contributed by atoms with van der Waals surface area (Å²) in [5.74, 6) is -0.300. The van der Waals surface area contributed by atoms with Gasteiger partial charge in [-0.25, -0.2) is 0 Å². The van der Waals surface area contributed by atoms with Crippen molar-refractivity contribution in [2.45, 2.75) is 31.5 Å². The Morgan fingerprint density at radius 3 is 2.38 bits per heavy atom. The maximum Gasteiger partial charge on any atom is 0.186 e. The van der Waals surface area contributed by atoms with Crippen LogP contribution in [-0.2, 0) is 9.47 Å². The van der Waals surface area contributed by atoms with Crippen LogP contribution in [0.1, 0.15) is 6.92 Å². The van der Waals surface area contributed by atoms with E-state index in [0.29, 0.717) is 0 Å². The molecule has 0 aromatic carbocycles. The summed E-state index contributed by atoms with van der Waals surface area (Å²) < 4.78 is 10.0. The van der Waals surface area contributed by atoms with Gasteiger partial charge in [0.1, 0.15) is 6.10 Å². The standard InChI is InChI=1S/C8H16O5/c1-4-5(3-9)13-8(12-2)7(11)6(4)10/h4-11H,3H2,1-2H3/t4-,5+,6+,7-,8-/m0/s1. The van der Waals surface area contributed by atoms with Crippen LogP contribution in [0.3, 0.4) is 0 Å². The predicted octanol–water partition coefficient (Wildman–Crippen LogP) is -1.29. The van der Waals surface area contributed by atoms with E-state index in [1.54, 1.807) is 6.92 Å². The average molecular weight is 192 g/mol. The minimum atomic E-state index is -1.05. The first kappa shape index (κ1) is 10.9. The summed E-state index contributed by atoms with van der Waals surface area (Å²) in [7, 11) is 1.38. The molecule has 78 valence electrons. The highest BCUT2D eigenvalue weighted by Crippen LogP contribution is 2.25. The fourth-order valence-corrected chi connectivity index (χ4v) is 1.47. The van der Waals surface area contributed by atoms with E-state index in [1.807, 2.05) is 0 Å². The van der Waals surface area contributed by atoms with Crippen molar-refractivity contribution in [1.29, 1.82) is 0 Å². The van der Waals surface area contributed by atoms with Crippen molar-refractivity contribution in [3.63, 3.8) is 0 Å². The largest absolute Gasteiger partial charge is 0.394 e. The molecular formula is C8H16O5. The Morgan fingerprint density at radius 1 is 1.31 bits per heavy atom. The molecule has 5 heteroatoms. The fraction of sp³-hybridized carbons (Fsp3) is 1.00. The van der Waals surface area contributed by atoms with Gasteiger partial charge in [0.05, 0.1) is 18.8 Å². The van der Waals surface area contributed by atoms with E-state index in [4.69, 9.17) is 14.6 Å². The first-order valence-corrected chi connectivity index (χ1v) is 4.27. The van der Waals surface area contributed by atoms with E-state index >= 15 is 0 Å². The van der Waals surface area contributed by atoms with E-state index in [1.165, 1.54) is 7.11 Å². The molecule has 1 rings (SSSR count). The molecular weight excluding hydrogens is 176 g/mol. The normalized spacial score (nSPS) is 46.4. The molecule has 0 aliphatic carbocycles. The Balaban J connectivity index is 2.66. The van der Waals surface area contributed by atoms with Crippen molar-refractivity contribution in [2.75, 3.05) is 13.7 Å². The second-order valence-electron chi connectivity index (χ2n) is 3.30. The molecule has 0 spiro atoms. The molecule has 1 fully saturated rings. The van der Waals surface area contributed by atoms with Gasteiger partial charge in [0.2, 0.25) is 0 Å². The van der Waals surface area contributed by atoms with Gasteiger partial charge >= 0.3 is 0 Å². The molecule has 0 aromatic heterocycles. The van der Waals surface area contributed by atoms with Gasteiger partial charge in [-0.3, -0.25) is 0 Å². The van der Waals surface area contributed by atoms with Crippen molar-refractivity contribution in [3.05, 3.63) is 0 Å². The van der Waals surface area contributed by atoms with E-state index in [9.17, 15) is 10.2 Å². The maximum atomic E-state index is 9.53. The lowest BCUT2D eigenvalue weighted by atomic mass is 9.91. The summed E-state index contributed by atoms with van der Waals surface area (Å²) in [5, 5.41) is 27.9. The zero-order chi connectivity index (χ0) is 10.0. The third-order valence-corrected chi connectivity index (χ3v) is 2.48. The molecule has 1 aliphatic heterocycles. The molecule has 0 saturated carbocycles. The number of aliphatic hydroxyl groups excluding tert-OH is 3. The summed E-state index contributed by atoms with van der Waals surface area (Å²) in [6, 6.07) is 0. The van der Waals surface area contributed by atoms with Crippen molar-refractivity contribution in [1.82, 2.24) is 0 Å². The van der Waals surface area contributed by atoms with E-state index in [2.05, 4.69) is 0 Å². The topological polar surface area (TPSA) is 79.2 Å². The molecule has 5 nitrogen and oxygen atoms in total. The number of aliphatic hydroxyl groups is 3. The van der Waals surface area contributed by atoms with Crippen LogP contribution in [0.4, 0.5) is 0 Å². The molecule has 1 aliphatic rings. The minimum absolute atomic E-state index is 0.190. The Labute approximate surface area is 76.9 Å². The Kier molecular flexibility index (Phi) is 3.63. The summed E-state index contributed by atoms with van der Waals surface area (Å²) in [5.41, 5.74) is 0. The number of methoxy groups -OCH3 is 1. The van der Waals surface area contributed by atoms with Gasteiger partial charge < -0.3 is 24.8 Å². The Bertz CT molecular complexity index is 143. The van der Waals surface area contributed by atoms with Gasteiger partial charge in [0, 0.05) is 13.0 Å². The van der Waals surface area contributed by atoms with E-state index in [0.717, 1.165) is 0 Å². The maximum absolute atomic E-state index is 9.53. The third-order valence-electron chi connectivity index (χ3n) is 2.48. The summed E-state index contributed by atoms with van der Waals surface area (Å²) in [6.45, 7) is 1.52. The molecule has 13 heavy (non-hydrogen) atoms. The SMILES string of the molecule is CO[C@H]1O[C@H](CO)[C@H](C)[C@@H](O)[C@@H]1O. The lowest BCUT2D eigenvalue weighted by molar-refractivity contribution is -0.280. The van der Waals surface area contributed by atoms with Gasteiger partial charge in [-0.15, -0.1) is 0 Å². The molecule has 0 unspecified atom stereocenters. The summed E-state index contributed by atoms with van der Waals surface area (Å²) in [6.07, 6.45) is -3.31. The summed E-state index contributed by atoms with van der Waals surface area (Å²) >= 11 is 0. The van der Waals surface area contributed by atoms with Crippen LogP contribution in [0, 0.1) is 5.92 Å². The highest BCUT2D eigenvalue weighted by atomic mass is 16.7. The number of rotatable bonds is 2. The van der Waals surface area contributed by atoms with Crippen LogP contribution in [0.25, 0.3) is 0 Å². The first-order valence-electron chi connectivity index (χ1n) is 4.27. The fourth-order valence-electron chi connectivity index (χ4n) is 1.47. The van der Waals surface area contributed by atoms with E-state index in [-0.39, 0.29) is 12.5 Å². The third kappa shape index (κ3) is 2.00. The number of ether oxygens (including phenoxy) is 2. The number of hydrogen-bond donors (Lipinski definition) is 3. The predicted molar refractivity (Wildman–Crippen MR) is 43.9 cm³/mol. The lowest BCUT2D eigenvalue weighted by Gasteiger charge is -2.40. The average Bonchev–Trinajstić information content (AvgIpc) is 2.15. The van der Waals surface area contributed by atoms with Crippen LogP contribution >= 0.6 is 0 Å². The van der Waals surface area contributed by atoms with Crippen molar-refractivity contribution in [2.24, 2.45) is 5.92 Å². The van der Waals surface area contributed by atoms with Crippen LogP contribution in [-0.4, -0.2) is 53.6 Å². The molecule has 0 radical (unpaired) electrons. The Hall–Kier alpha value is -0.200. The van der Waals surface area contributed by atoms with Crippen LogP contribution in [0.15, 0.2) is 0 Å². The molecule has 3 N–H and O–H groups in total. The van der Waals surface area contributed by atoms with Gasteiger partial charge in [0.15, 0.2) is 6.29 Å². The summed E-state index contributed by atoms with van der Waals surface area (Å²) in [4.78, 5) is 0. The highest BCUT2D eigenvalue weighted by Gasteiger charge is 2.41. The molecule has 0 aromatic rings. The molecule has 0 bridgehead atoms. The van der Waals surface area contributed by atoms with Crippen molar-refractivity contribution < 1.29 is 24.8 Å². The zero-order valence-electron chi connectivity index (χ0n) is 7.75. The minimum Gasteiger partial charge on any atom is -0.394 e. The van der Waals surface area contributed by atoms with Gasteiger partial charge in [0.25, 0.3) is 0 Å². The van der Waals surface area contributed by atoms with Gasteiger partial charge in [-0.1, -0.05) is 6.92 Å². The monoisotopic (exact) mass is 192 g/mol. The van der Waals surface area contributed by atoms with Crippen LogP contribution in [0.2, 0.25) is 0 Å². The second-order valence-corrected chi connectivity index (χ2v) is 3.30.